The Balaban J connectivity index is 1.46. The average molecular weight is 291 g/mol. The molecular weight excluding hydrogens is 268 g/mol. The Kier molecular flexibility index (Phi) is 3.29. The molecule has 114 valence electrons. The smallest absolute Gasteiger partial charge is 0.263 e. The monoisotopic (exact) mass is 291 g/mol. The standard InChI is InChI=1S/C18H23F2N/c19-17(20)16-3-1-2-12(7-16)11-21-18-8-13-4-14(9-18)6-15(5-13)10-18/h1-3,7,13-15,17,21H,4-6,8-11H2. The van der Waals surface area contributed by atoms with Gasteiger partial charge in [0.05, 0.1) is 0 Å². The zero-order valence-corrected chi connectivity index (χ0v) is 12.3. The minimum Gasteiger partial charge on any atom is -0.307 e. The highest BCUT2D eigenvalue weighted by Gasteiger charge is 2.50. The molecule has 4 fully saturated rings. The predicted octanol–water partition coefficient (Wildman–Crippen LogP) is 4.68. The van der Waals surface area contributed by atoms with Crippen molar-refractivity contribution in [1.29, 1.82) is 0 Å². The van der Waals surface area contributed by atoms with E-state index in [1.807, 2.05) is 6.07 Å². The van der Waals surface area contributed by atoms with E-state index >= 15 is 0 Å². The minimum absolute atomic E-state index is 0.139. The van der Waals surface area contributed by atoms with Crippen LogP contribution in [0.15, 0.2) is 24.3 Å². The molecule has 0 radical (unpaired) electrons. The lowest BCUT2D eigenvalue weighted by molar-refractivity contribution is -0.0206. The largest absolute Gasteiger partial charge is 0.307 e. The maximum atomic E-state index is 12.8. The third kappa shape index (κ3) is 2.61. The molecule has 0 heterocycles. The Morgan fingerprint density at radius 2 is 1.67 bits per heavy atom. The van der Waals surface area contributed by atoms with E-state index in [4.69, 9.17) is 0 Å². The number of nitrogens with one attached hydrogen (secondary N) is 1. The van der Waals surface area contributed by atoms with Crippen molar-refractivity contribution in [3.05, 3.63) is 35.4 Å². The highest BCUT2D eigenvalue weighted by molar-refractivity contribution is 5.24. The van der Waals surface area contributed by atoms with Gasteiger partial charge in [-0.25, -0.2) is 8.78 Å². The molecule has 1 nitrogen and oxygen atoms in total. The first-order valence-corrected chi connectivity index (χ1v) is 8.24. The summed E-state index contributed by atoms with van der Waals surface area (Å²) in [4.78, 5) is 0. The van der Waals surface area contributed by atoms with E-state index in [1.54, 1.807) is 12.1 Å². The van der Waals surface area contributed by atoms with Gasteiger partial charge in [-0.2, -0.15) is 0 Å². The molecular formula is C18H23F2N. The Bertz CT molecular complexity index is 490. The first kappa shape index (κ1) is 13.7. The average Bonchev–Trinajstić information content (AvgIpc) is 2.44. The summed E-state index contributed by atoms with van der Waals surface area (Å²) < 4.78 is 25.6. The third-order valence-corrected chi connectivity index (χ3v) is 5.91. The summed E-state index contributed by atoms with van der Waals surface area (Å²) >= 11 is 0. The van der Waals surface area contributed by atoms with E-state index in [-0.39, 0.29) is 5.56 Å². The molecule has 4 aliphatic rings. The van der Waals surface area contributed by atoms with Crippen molar-refractivity contribution < 1.29 is 8.78 Å². The van der Waals surface area contributed by atoms with Gasteiger partial charge in [0.1, 0.15) is 0 Å². The van der Waals surface area contributed by atoms with Crippen molar-refractivity contribution in [2.75, 3.05) is 0 Å². The zero-order valence-electron chi connectivity index (χ0n) is 12.3. The van der Waals surface area contributed by atoms with Gasteiger partial charge in [0, 0.05) is 17.6 Å². The molecule has 4 saturated carbocycles. The number of hydrogen-bond donors (Lipinski definition) is 1. The van der Waals surface area contributed by atoms with Gasteiger partial charge in [0.25, 0.3) is 6.43 Å². The van der Waals surface area contributed by atoms with Crippen molar-refractivity contribution in [3.63, 3.8) is 0 Å². The topological polar surface area (TPSA) is 12.0 Å². The summed E-state index contributed by atoms with van der Waals surface area (Å²) in [7, 11) is 0. The molecule has 21 heavy (non-hydrogen) atoms. The molecule has 3 heteroatoms. The summed E-state index contributed by atoms with van der Waals surface area (Å²) in [5.41, 5.74) is 1.43. The Labute approximate surface area is 125 Å². The maximum Gasteiger partial charge on any atom is 0.263 e. The van der Waals surface area contributed by atoms with Crippen LogP contribution in [0.5, 0.6) is 0 Å². The zero-order chi connectivity index (χ0) is 14.4. The van der Waals surface area contributed by atoms with E-state index in [0.717, 1.165) is 29.9 Å². The minimum atomic E-state index is -2.37. The highest BCUT2D eigenvalue weighted by Crippen LogP contribution is 2.55. The van der Waals surface area contributed by atoms with Crippen LogP contribution < -0.4 is 5.32 Å². The summed E-state index contributed by atoms with van der Waals surface area (Å²) in [6.07, 6.45) is 5.82. The van der Waals surface area contributed by atoms with Crippen molar-refractivity contribution >= 4 is 0 Å². The van der Waals surface area contributed by atoms with Gasteiger partial charge >= 0.3 is 0 Å². The second-order valence-electron chi connectivity index (χ2n) is 7.60. The second kappa shape index (κ2) is 5.05. The van der Waals surface area contributed by atoms with Crippen LogP contribution in [0.3, 0.4) is 0 Å². The molecule has 5 rings (SSSR count). The number of hydrogen-bond acceptors (Lipinski definition) is 1. The van der Waals surface area contributed by atoms with Crippen LogP contribution in [-0.4, -0.2) is 5.54 Å². The van der Waals surface area contributed by atoms with Crippen molar-refractivity contribution in [3.8, 4) is 0 Å². The molecule has 4 aliphatic carbocycles. The van der Waals surface area contributed by atoms with Crippen LogP contribution in [-0.2, 0) is 6.54 Å². The molecule has 1 N–H and O–H groups in total. The fourth-order valence-electron chi connectivity index (χ4n) is 5.46. The van der Waals surface area contributed by atoms with Crippen LogP contribution in [0.25, 0.3) is 0 Å². The van der Waals surface area contributed by atoms with E-state index in [0.29, 0.717) is 5.54 Å². The van der Waals surface area contributed by atoms with E-state index in [1.165, 1.54) is 44.6 Å². The van der Waals surface area contributed by atoms with E-state index < -0.39 is 6.43 Å². The summed E-state index contributed by atoms with van der Waals surface area (Å²) in [5.74, 6) is 2.74. The van der Waals surface area contributed by atoms with Crippen LogP contribution >= 0.6 is 0 Å². The van der Waals surface area contributed by atoms with Gasteiger partial charge in [-0.3, -0.25) is 0 Å². The quantitative estimate of drug-likeness (QED) is 0.849. The number of halogens is 2. The number of benzene rings is 1. The van der Waals surface area contributed by atoms with Gasteiger partial charge in [0.15, 0.2) is 0 Å². The first-order chi connectivity index (χ1) is 10.1. The molecule has 0 spiro atoms. The Morgan fingerprint density at radius 3 is 2.24 bits per heavy atom. The van der Waals surface area contributed by atoms with Crippen molar-refractivity contribution in [2.24, 2.45) is 17.8 Å². The fourth-order valence-corrected chi connectivity index (χ4v) is 5.46. The van der Waals surface area contributed by atoms with E-state index in [9.17, 15) is 8.78 Å². The lowest BCUT2D eigenvalue weighted by atomic mass is 9.53. The number of alkyl halides is 2. The maximum absolute atomic E-state index is 12.8. The van der Waals surface area contributed by atoms with Crippen LogP contribution in [0.1, 0.15) is 56.1 Å². The van der Waals surface area contributed by atoms with Gasteiger partial charge in [-0.1, -0.05) is 18.2 Å². The SMILES string of the molecule is FC(F)c1cccc(CNC23CC4CC(CC(C4)C2)C3)c1. The van der Waals surface area contributed by atoms with Gasteiger partial charge < -0.3 is 5.32 Å². The number of rotatable bonds is 4. The summed E-state index contributed by atoms with van der Waals surface area (Å²) in [6.45, 7) is 0.729. The van der Waals surface area contributed by atoms with Crippen LogP contribution in [0.2, 0.25) is 0 Å². The molecule has 0 unspecified atom stereocenters. The normalized spacial score (nSPS) is 37.4. The van der Waals surface area contributed by atoms with E-state index in [2.05, 4.69) is 5.32 Å². The molecule has 0 atom stereocenters. The molecule has 0 aromatic heterocycles. The second-order valence-corrected chi connectivity index (χ2v) is 7.60. The molecule has 0 amide bonds. The van der Waals surface area contributed by atoms with Crippen LogP contribution in [0, 0.1) is 17.8 Å². The first-order valence-electron chi connectivity index (χ1n) is 8.24. The highest BCUT2D eigenvalue weighted by atomic mass is 19.3. The Hall–Kier alpha value is -0.960. The van der Waals surface area contributed by atoms with Crippen molar-refractivity contribution in [1.82, 2.24) is 5.32 Å². The van der Waals surface area contributed by atoms with Gasteiger partial charge in [0.2, 0.25) is 0 Å². The van der Waals surface area contributed by atoms with Crippen molar-refractivity contribution in [2.45, 2.75) is 57.0 Å². The summed E-state index contributed by atoms with van der Waals surface area (Å²) in [5, 5.41) is 3.76. The van der Waals surface area contributed by atoms with Gasteiger partial charge in [-0.05, 0) is 67.9 Å². The Morgan fingerprint density at radius 1 is 1.05 bits per heavy atom. The van der Waals surface area contributed by atoms with Gasteiger partial charge in [-0.15, -0.1) is 0 Å². The predicted molar refractivity (Wildman–Crippen MR) is 79.1 cm³/mol. The molecule has 4 bridgehead atoms. The lowest BCUT2D eigenvalue weighted by Crippen LogP contribution is -2.58. The molecule has 1 aromatic rings. The molecule has 0 saturated heterocycles. The third-order valence-electron chi connectivity index (χ3n) is 5.91. The molecule has 0 aliphatic heterocycles. The summed E-state index contributed by atoms with van der Waals surface area (Å²) in [6, 6.07) is 6.87. The molecule has 1 aromatic carbocycles. The fraction of sp³-hybridized carbons (Fsp3) is 0.667. The lowest BCUT2D eigenvalue weighted by Gasteiger charge is -2.57. The van der Waals surface area contributed by atoms with Crippen LogP contribution in [0.4, 0.5) is 8.78 Å².